The Morgan fingerprint density at radius 1 is 0.410 bits per heavy atom. The van der Waals surface area contributed by atoms with Gasteiger partial charge >= 0.3 is 6.09 Å². The molecule has 0 bridgehead atoms. The molecule has 2 saturated heterocycles. The van der Waals surface area contributed by atoms with Gasteiger partial charge in [0.15, 0.2) is 5.82 Å². The lowest BCUT2D eigenvalue weighted by Crippen LogP contribution is -2.50. The van der Waals surface area contributed by atoms with Gasteiger partial charge in [0.05, 0.1) is 67.3 Å². The Balaban J connectivity index is 0.000000104. The van der Waals surface area contributed by atoms with E-state index in [1.165, 1.54) is 215 Å². The fraction of sp³-hybridized carbons (Fsp3) is 0.419. The summed E-state index contributed by atoms with van der Waals surface area (Å²) in [5, 5.41) is 33.7. The second-order valence-corrected chi connectivity index (χ2v) is 44.3. The Morgan fingerprint density at radius 3 is 1.30 bits per heavy atom. The van der Waals surface area contributed by atoms with Crippen molar-refractivity contribution >= 4 is 181 Å². The van der Waals surface area contributed by atoms with E-state index in [9.17, 15) is 4.79 Å². The highest BCUT2D eigenvalue weighted by Gasteiger charge is 2.34. The molecule has 7 aliphatic heterocycles. The largest absolute Gasteiger partial charge is 0.444 e. The number of amidine groups is 5. The van der Waals surface area contributed by atoms with E-state index in [2.05, 4.69) is 219 Å². The number of amides is 1. The number of pyridine rings is 6. The number of thiophene rings is 6. The Morgan fingerprint density at radius 2 is 0.821 bits per heavy atom. The van der Waals surface area contributed by atoms with Gasteiger partial charge in [-0.25, -0.2) is 34.7 Å². The molecule has 1 amide bonds. The number of aryl methyl sites for hydroxylation is 11. The smallest absolute Gasteiger partial charge is 0.410 e. The minimum absolute atomic E-state index is 0.187. The third-order valence-corrected chi connectivity index (χ3v) is 33.0. The van der Waals surface area contributed by atoms with E-state index in [4.69, 9.17) is 34.7 Å². The second kappa shape index (κ2) is 39.7. The van der Waals surface area contributed by atoms with Crippen molar-refractivity contribution in [3.05, 3.63) is 229 Å². The number of hydrogen-bond acceptors (Lipinski definition) is 27. The minimum atomic E-state index is -0.470. The highest BCUT2D eigenvalue weighted by molar-refractivity contribution is 7.26. The third-order valence-electron chi connectivity index (χ3n) is 26.2. The van der Waals surface area contributed by atoms with Gasteiger partial charge in [0, 0.05) is 152 Å². The van der Waals surface area contributed by atoms with Crippen LogP contribution in [0.15, 0.2) is 134 Å². The molecule has 13 aromatic heterocycles. The van der Waals surface area contributed by atoms with E-state index in [1.807, 2.05) is 82.5 Å². The molecular formula is C105H121N21O2S6. The number of benzene rings is 2. The summed E-state index contributed by atoms with van der Waals surface area (Å²) in [5.41, 5.74) is 21.7. The lowest BCUT2D eigenvalue weighted by Gasteiger charge is -2.34. The van der Waals surface area contributed by atoms with E-state index in [-0.39, 0.29) is 12.1 Å². The lowest BCUT2D eigenvalue weighted by molar-refractivity contribution is 0.0194. The monoisotopic (exact) mass is 1900 g/mol. The molecule has 1 unspecified atom stereocenters. The number of hydrogen-bond donors (Lipinski definition) is 6. The first-order valence-corrected chi connectivity index (χ1v) is 52.4. The van der Waals surface area contributed by atoms with Crippen LogP contribution >= 0.6 is 68.0 Å². The van der Waals surface area contributed by atoms with Crippen molar-refractivity contribution < 1.29 is 9.53 Å². The zero-order valence-corrected chi connectivity index (χ0v) is 84.5. The van der Waals surface area contributed by atoms with Crippen molar-refractivity contribution in [1.29, 1.82) is 0 Å². The molecule has 2 aliphatic carbocycles. The molecule has 9 aliphatic rings. The van der Waals surface area contributed by atoms with Crippen molar-refractivity contribution in [3.63, 3.8) is 0 Å². The maximum Gasteiger partial charge on any atom is 0.410 e. The minimum Gasteiger partial charge on any atom is -0.444 e. The Labute approximate surface area is 808 Å². The number of fused-ring (bicyclic) bond motifs is 18. The highest BCUT2D eigenvalue weighted by atomic mass is 32.1. The van der Waals surface area contributed by atoms with Crippen molar-refractivity contribution in [2.45, 2.75) is 237 Å². The molecule has 694 valence electrons. The molecule has 24 rings (SSSR count). The number of aliphatic imine (C=N–C) groups is 5. The Kier molecular flexibility index (Phi) is 27.3. The Hall–Kier alpha value is -11.1. The average molecular weight is 1900 g/mol. The van der Waals surface area contributed by atoms with Crippen molar-refractivity contribution in [2.75, 3.05) is 45.1 Å². The maximum absolute atomic E-state index is 12.4. The topological polar surface area (TPSA) is 262 Å². The summed E-state index contributed by atoms with van der Waals surface area (Å²) >= 11 is 10.5. The van der Waals surface area contributed by atoms with Crippen LogP contribution in [0.1, 0.15) is 218 Å². The zero-order chi connectivity index (χ0) is 92.7. The Bertz CT molecular complexity index is 7090. The predicted molar refractivity (Wildman–Crippen MR) is 561 cm³/mol. The number of carbonyl (C=O) groups is 1. The van der Waals surface area contributed by atoms with Crippen LogP contribution in [0.4, 0.5) is 10.6 Å². The van der Waals surface area contributed by atoms with Gasteiger partial charge in [-0.2, -0.15) is 5.10 Å². The van der Waals surface area contributed by atoms with E-state index in [0.717, 1.165) is 160 Å². The number of ether oxygens (including phenoxy) is 1. The molecule has 4 fully saturated rings. The quantitative estimate of drug-likeness (QED) is 0.0695. The van der Waals surface area contributed by atoms with E-state index in [0.29, 0.717) is 25.2 Å². The van der Waals surface area contributed by atoms with Gasteiger partial charge in [0.25, 0.3) is 0 Å². The average Bonchev–Trinajstić information content (AvgIpc) is 1.63. The van der Waals surface area contributed by atoms with Crippen LogP contribution in [-0.2, 0) is 57.6 Å². The van der Waals surface area contributed by atoms with Gasteiger partial charge in [-0.15, -0.1) is 68.0 Å². The molecule has 2 aromatic carbocycles. The van der Waals surface area contributed by atoms with Crippen molar-refractivity contribution in [2.24, 2.45) is 37.9 Å². The van der Waals surface area contributed by atoms with Gasteiger partial charge in [-0.05, 0) is 250 Å². The van der Waals surface area contributed by atoms with E-state index in [1.54, 1.807) is 56.7 Å². The van der Waals surface area contributed by atoms with Gasteiger partial charge < -0.3 is 46.4 Å². The number of piperidine rings is 2. The first kappa shape index (κ1) is 92.0. The van der Waals surface area contributed by atoms with Gasteiger partial charge in [0.2, 0.25) is 0 Å². The third kappa shape index (κ3) is 20.6. The number of carbonyl (C=O) groups excluding carboxylic acids is 1. The molecule has 29 heteroatoms. The molecule has 23 nitrogen and oxygen atoms in total. The van der Waals surface area contributed by atoms with Crippen LogP contribution in [0, 0.1) is 75.2 Å². The molecule has 1 atom stereocenters. The summed E-state index contributed by atoms with van der Waals surface area (Å²) in [4.78, 5) is 81.4. The number of nitrogens with one attached hydrogen (secondary N) is 6. The summed E-state index contributed by atoms with van der Waals surface area (Å²) in [7, 11) is 4.21. The predicted octanol–water partition coefficient (Wildman–Crippen LogP) is 22.4. The van der Waals surface area contributed by atoms with Crippen LogP contribution in [0.2, 0.25) is 0 Å². The molecule has 0 radical (unpaired) electrons. The first-order chi connectivity index (χ1) is 64.8. The number of anilines is 1. The number of nitrogens with zero attached hydrogens (tertiary/aromatic N) is 15. The number of rotatable bonds is 10. The van der Waals surface area contributed by atoms with Crippen LogP contribution in [-0.4, -0.2) is 148 Å². The maximum atomic E-state index is 12.4. The number of likely N-dealkylation sites (tertiary alicyclic amines) is 2. The van der Waals surface area contributed by atoms with Gasteiger partial charge in [-0.1, -0.05) is 85.8 Å². The first-order valence-electron chi connectivity index (χ1n) is 47.5. The summed E-state index contributed by atoms with van der Waals surface area (Å²) in [5.74, 6) is 7.07. The van der Waals surface area contributed by atoms with Crippen LogP contribution in [0.25, 0.3) is 71.5 Å². The fourth-order valence-corrected chi connectivity index (χ4v) is 26.6. The molecule has 15 aromatic rings. The SMILES string of the molecule is Cc1cc(C)c2c3c(sc2n1)C(NC1CCCCCC1)=NC3.Cc1cc(C)c2c3c(sc2n1)C(NC1CCCN(C(=O)OC(C)(C)C)C1)=NC3.Cc1cc(C)c2c3c(sc2n1)C(NC1CCN(C)CC1)=NC3.Cc1ccc(CNC2=NCc3c2sc2nc(C)ccc32)cc1.Cc1ccc2c(n1)sc1c(NCC3CC3)nn(C)c12.Cc1ccc2c3c(sc2n1)C(NCc1ccccc1)=NC3. The standard InChI is InChI=1S/C21H28N4O2S.C18H17N3S.C18H23N3S.C17H22N4S.C17H15N3S.C14H16N4S/c1-12-9-13(2)23-19-16(12)15-10-22-18(17(15)28-19)24-14-7-6-8-25(11-14)20(26)27-21(3,4)5;1-11-3-6-13(7-4-11)9-19-17-16-15(10-20-17)14-8-5-12(2)21-18(14)22-16;1-11-9-12(2)20-18-15(11)14-10-19-17(16(14)22-18)21-13-7-5-3-4-6-8-13;1-10-8-11(2)19-17-14(10)13-9-18-16(15(13)22-17)20-12-4-6-21(3)7-5-12;1-11-7-8-13-14-10-19-16(15(14)21-17(13)20-11)18-9-12-5-3-2-4-6-12;1-8-3-6-10-11-12(19-14(10)16-8)13(17-18(11)2)15-7-9-4-5-9/h9,14H,6-8,10-11H2,1-5H3,(H,22,24);3-8H,9-10H2,1-2H3,(H,19,20);9,13H,3-8,10H2,1-2H3,(H,19,21);8,12H,4-7,9H2,1-3H3,(H,18,20);2-8H,9-10H2,1H3,(H,18,19);3,6,9H,4-5,7H2,1-2H3,(H,15,17). The molecule has 6 N–H and O–H groups in total. The summed E-state index contributed by atoms with van der Waals surface area (Å²) in [6.45, 7) is 36.9. The molecule has 134 heavy (non-hydrogen) atoms. The van der Waals surface area contributed by atoms with Crippen LogP contribution < -0.4 is 31.9 Å². The normalized spacial score (nSPS) is 16.9. The van der Waals surface area contributed by atoms with Gasteiger partial charge in [-0.3, -0.25) is 29.6 Å². The van der Waals surface area contributed by atoms with Crippen molar-refractivity contribution in [1.82, 2.24) is 76.1 Å². The highest BCUT2D eigenvalue weighted by Crippen LogP contribution is 2.44. The van der Waals surface area contributed by atoms with E-state index >= 15 is 0 Å². The summed E-state index contributed by atoms with van der Waals surface area (Å²) in [6.07, 6.45) is 14.9. The molecule has 0 spiro atoms. The molecule has 2 saturated carbocycles. The zero-order valence-electron chi connectivity index (χ0n) is 79.6. The van der Waals surface area contributed by atoms with Crippen LogP contribution in [0.5, 0.6) is 0 Å². The van der Waals surface area contributed by atoms with Crippen LogP contribution in [0.3, 0.4) is 0 Å². The lowest BCUT2D eigenvalue weighted by atomic mass is 10.1. The van der Waals surface area contributed by atoms with E-state index < -0.39 is 5.60 Å². The number of aromatic nitrogens is 8. The second-order valence-electron chi connectivity index (χ2n) is 38.3. The summed E-state index contributed by atoms with van der Waals surface area (Å²) < 4.78 is 8.74. The summed E-state index contributed by atoms with van der Waals surface area (Å²) in [6, 6.07) is 39.6. The van der Waals surface area contributed by atoms with Crippen molar-refractivity contribution in [3.8, 4) is 0 Å². The molecule has 20 heterocycles. The fourth-order valence-electron chi connectivity index (χ4n) is 19.1. The van der Waals surface area contributed by atoms with Gasteiger partial charge in [0.1, 0.15) is 63.8 Å². The molecular weight excluding hydrogens is 1780 g/mol.